The molecule has 0 spiro atoms. The van der Waals surface area contributed by atoms with E-state index in [9.17, 15) is 9.18 Å². The van der Waals surface area contributed by atoms with Gasteiger partial charge in [0.2, 0.25) is 0 Å². The van der Waals surface area contributed by atoms with E-state index in [0.29, 0.717) is 17.1 Å². The van der Waals surface area contributed by atoms with Crippen molar-refractivity contribution in [3.8, 4) is 0 Å². The number of benzene rings is 2. The van der Waals surface area contributed by atoms with E-state index < -0.39 is 5.82 Å². The Kier molecular flexibility index (Phi) is 4.19. The summed E-state index contributed by atoms with van der Waals surface area (Å²) in [6.45, 7) is 0.184. The van der Waals surface area contributed by atoms with Gasteiger partial charge in [0.1, 0.15) is 17.3 Å². The number of aromatic nitrogens is 1. The summed E-state index contributed by atoms with van der Waals surface area (Å²) in [6, 6.07) is 20.5. The van der Waals surface area contributed by atoms with Crippen LogP contribution in [-0.4, -0.2) is 10.9 Å². The zero-order chi connectivity index (χ0) is 17.9. The second-order valence-electron chi connectivity index (χ2n) is 5.84. The SMILES string of the molecule is O=C(c1ccc2ccccc2n1)N(Cc1ccco1)c1cccc(F)c1. The molecule has 0 aliphatic heterocycles. The Balaban J connectivity index is 1.75. The van der Waals surface area contributed by atoms with Crippen molar-refractivity contribution < 1.29 is 13.6 Å². The normalized spacial score (nSPS) is 10.8. The Morgan fingerprint density at radius 1 is 1.00 bits per heavy atom. The van der Waals surface area contributed by atoms with Crippen LogP contribution in [0.25, 0.3) is 10.9 Å². The van der Waals surface area contributed by atoms with Crippen molar-refractivity contribution in [3.63, 3.8) is 0 Å². The predicted molar refractivity (Wildman–Crippen MR) is 97.4 cm³/mol. The molecule has 2 heterocycles. The first-order valence-corrected chi connectivity index (χ1v) is 8.16. The van der Waals surface area contributed by atoms with Crippen molar-refractivity contribution >= 4 is 22.5 Å². The smallest absolute Gasteiger partial charge is 0.277 e. The third kappa shape index (κ3) is 3.19. The van der Waals surface area contributed by atoms with Crippen LogP contribution in [-0.2, 0) is 6.54 Å². The number of pyridine rings is 1. The lowest BCUT2D eigenvalue weighted by atomic mass is 10.2. The Morgan fingerprint density at radius 2 is 1.88 bits per heavy atom. The van der Waals surface area contributed by atoms with Crippen molar-refractivity contribution in [2.45, 2.75) is 6.54 Å². The minimum Gasteiger partial charge on any atom is -0.467 e. The van der Waals surface area contributed by atoms with Gasteiger partial charge in [-0.15, -0.1) is 0 Å². The molecule has 2 aromatic heterocycles. The van der Waals surface area contributed by atoms with Crippen LogP contribution in [0.2, 0.25) is 0 Å². The molecule has 0 fully saturated rings. The lowest BCUT2D eigenvalue weighted by Crippen LogP contribution is -2.31. The quantitative estimate of drug-likeness (QED) is 0.532. The van der Waals surface area contributed by atoms with Crippen molar-refractivity contribution in [3.05, 3.63) is 96.3 Å². The van der Waals surface area contributed by atoms with Crippen LogP contribution in [0.15, 0.2) is 83.5 Å². The Hall–Kier alpha value is -3.47. The molecule has 0 bridgehead atoms. The highest BCUT2D eigenvalue weighted by Crippen LogP contribution is 2.22. The Morgan fingerprint density at radius 3 is 2.69 bits per heavy atom. The number of fused-ring (bicyclic) bond motifs is 1. The zero-order valence-electron chi connectivity index (χ0n) is 13.8. The number of hydrogen-bond acceptors (Lipinski definition) is 3. The number of para-hydroxylation sites is 1. The second kappa shape index (κ2) is 6.80. The highest BCUT2D eigenvalue weighted by molar-refractivity contribution is 6.05. The van der Waals surface area contributed by atoms with E-state index in [1.807, 2.05) is 30.3 Å². The molecule has 0 aliphatic carbocycles. The van der Waals surface area contributed by atoms with Crippen molar-refractivity contribution in [2.75, 3.05) is 4.90 Å². The summed E-state index contributed by atoms with van der Waals surface area (Å²) in [5.74, 6) is -0.132. The zero-order valence-corrected chi connectivity index (χ0v) is 13.8. The van der Waals surface area contributed by atoms with Gasteiger partial charge in [-0.3, -0.25) is 9.69 Å². The number of amides is 1. The molecular formula is C21H15FN2O2. The number of anilines is 1. The Labute approximate surface area is 149 Å². The van der Waals surface area contributed by atoms with Gasteiger partial charge in [0.25, 0.3) is 5.91 Å². The highest BCUT2D eigenvalue weighted by Gasteiger charge is 2.21. The fourth-order valence-electron chi connectivity index (χ4n) is 2.81. The molecule has 0 N–H and O–H groups in total. The van der Waals surface area contributed by atoms with E-state index in [0.717, 1.165) is 10.9 Å². The number of carbonyl (C=O) groups is 1. The summed E-state index contributed by atoms with van der Waals surface area (Å²) in [5.41, 5.74) is 1.47. The molecule has 128 valence electrons. The first-order chi connectivity index (χ1) is 12.7. The molecule has 4 nitrogen and oxygen atoms in total. The maximum absolute atomic E-state index is 13.7. The molecule has 0 atom stereocenters. The fourth-order valence-corrected chi connectivity index (χ4v) is 2.81. The lowest BCUT2D eigenvalue weighted by molar-refractivity contribution is 0.0979. The van der Waals surface area contributed by atoms with E-state index in [-0.39, 0.29) is 12.5 Å². The number of hydrogen-bond donors (Lipinski definition) is 0. The second-order valence-corrected chi connectivity index (χ2v) is 5.84. The number of nitrogens with zero attached hydrogens (tertiary/aromatic N) is 2. The van der Waals surface area contributed by atoms with Gasteiger partial charge in [-0.1, -0.05) is 30.3 Å². The summed E-state index contributed by atoms with van der Waals surface area (Å²) in [4.78, 5) is 19.0. The monoisotopic (exact) mass is 346 g/mol. The van der Waals surface area contributed by atoms with Gasteiger partial charge >= 0.3 is 0 Å². The third-order valence-electron chi connectivity index (χ3n) is 4.08. The molecular weight excluding hydrogens is 331 g/mol. The van der Waals surface area contributed by atoms with E-state index in [2.05, 4.69) is 4.98 Å². The minimum atomic E-state index is -0.411. The van der Waals surface area contributed by atoms with Gasteiger partial charge in [0, 0.05) is 11.1 Å². The molecule has 0 unspecified atom stereocenters. The molecule has 0 radical (unpaired) electrons. The van der Waals surface area contributed by atoms with Gasteiger partial charge in [-0.2, -0.15) is 0 Å². The maximum atomic E-state index is 13.7. The topological polar surface area (TPSA) is 46.3 Å². The number of rotatable bonds is 4. The van der Waals surface area contributed by atoms with Gasteiger partial charge in [0.05, 0.1) is 18.3 Å². The molecule has 0 saturated heterocycles. The largest absolute Gasteiger partial charge is 0.467 e. The van der Waals surface area contributed by atoms with Crippen molar-refractivity contribution in [2.24, 2.45) is 0 Å². The summed E-state index contributed by atoms with van der Waals surface area (Å²) < 4.78 is 19.1. The number of carbonyl (C=O) groups excluding carboxylic acids is 1. The average Bonchev–Trinajstić information content (AvgIpc) is 3.18. The van der Waals surface area contributed by atoms with Crippen LogP contribution in [0.3, 0.4) is 0 Å². The van der Waals surface area contributed by atoms with E-state index in [1.165, 1.54) is 23.3 Å². The molecule has 5 heteroatoms. The van der Waals surface area contributed by atoms with Crippen LogP contribution in [0.4, 0.5) is 10.1 Å². The minimum absolute atomic E-state index is 0.184. The van der Waals surface area contributed by atoms with Crippen LogP contribution in [0.5, 0.6) is 0 Å². The maximum Gasteiger partial charge on any atom is 0.277 e. The standard InChI is InChI=1S/C21H15FN2O2/c22-16-6-3-7-17(13-16)24(14-18-8-4-12-26-18)21(25)20-11-10-15-5-1-2-9-19(15)23-20/h1-13H,14H2. The van der Waals surface area contributed by atoms with Gasteiger partial charge < -0.3 is 4.42 Å². The molecule has 0 saturated carbocycles. The van der Waals surface area contributed by atoms with Crippen molar-refractivity contribution in [1.82, 2.24) is 4.98 Å². The van der Waals surface area contributed by atoms with Crippen LogP contribution in [0.1, 0.15) is 16.2 Å². The molecule has 4 aromatic rings. The molecule has 1 amide bonds. The van der Waals surface area contributed by atoms with Crippen molar-refractivity contribution in [1.29, 1.82) is 0 Å². The summed E-state index contributed by atoms with van der Waals surface area (Å²) in [6.07, 6.45) is 1.54. The van der Waals surface area contributed by atoms with E-state index >= 15 is 0 Å². The van der Waals surface area contributed by atoms with Crippen LogP contribution in [0, 0.1) is 5.82 Å². The van der Waals surface area contributed by atoms with E-state index in [1.54, 1.807) is 30.3 Å². The lowest BCUT2D eigenvalue weighted by Gasteiger charge is -2.21. The number of halogens is 1. The Bertz CT molecular complexity index is 1060. The average molecular weight is 346 g/mol. The molecule has 0 aliphatic rings. The van der Waals surface area contributed by atoms with Crippen LogP contribution >= 0.6 is 0 Å². The molecule has 26 heavy (non-hydrogen) atoms. The first kappa shape index (κ1) is 16.0. The molecule has 2 aromatic carbocycles. The highest BCUT2D eigenvalue weighted by atomic mass is 19.1. The summed E-state index contributed by atoms with van der Waals surface area (Å²) >= 11 is 0. The molecule has 4 rings (SSSR count). The van der Waals surface area contributed by atoms with Gasteiger partial charge in [0.15, 0.2) is 0 Å². The predicted octanol–water partition coefficient (Wildman–Crippen LogP) is 4.81. The van der Waals surface area contributed by atoms with E-state index in [4.69, 9.17) is 4.42 Å². The number of furan rings is 1. The van der Waals surface area contributed by atoms with Gasteiger partial charge in [-0.25, -0.2) is 9.37 Å². The summed E-state index contributed by atoms with van der Waals surface area (Å²) in [7, 11) is 0. The summed E-state index contributed by atoms with van der Waals surface area (Å²) in [5, 5.41) is 0.951. The van der Waals surface area contributed by atoms with Gasteiger partial charge in [-0.05, 0) is 42.5 Å². The fraction of sp³-hybridized carbons (Fsp3) is 0.0476. The first-order valence-electron chi connectivity index (χ1n) is 8.16. The van der Waals surface area contributed by atoms with Crippen LogP contribution < -0.4 is 4.90 Å². The third-order valence-corrected chi connectivity index (χ3v) is 4.08.